The molecule has 2 heteroatoms. The predicted molar refractivity (Wildman–Crippen MR) is 63.9 cm³/mol. The summed E-state index contributed by atoms with van der Waals surface area (Å²) in [6.45, 7) is 7.45. The third kappa shape index (κ3) is 2.11. The molecule has 5 unspecified atom stereocenters. The van der Waals surface area contributed by atoms with E-state index in [0.29, 0.717) is 18.9 Å². The van der Waals surface area contributed by atoms with Crippen LogP contribution < -0.4 is 0 Å². The minimum atomic E-state index is -0.00836. The van der Waals surface area contributed by atoms with Crippen LogP contribution in [-0.4, -0.2) is 12.6 Å². The first kappa shape index (κ1) is 11.9. The molecule has 0 aliphatic heterocycles. The molecule has 0 amide bonds. The normalized spacial score (nSPS) is 41.3. The number of esters is 1. The zero-order chi connectivity index (χ0) is 11.7. The summed E-state index contributed by atoms with van der Waals surface area (Å²) in [5.74, 6) is 4.06. The fraction of sp³-hybridized carbons (Fsp3) is 0.929. The van der Waals surface area contributed by atoms with Gasteiger partial charge < -0.3 is 4.74 Å². The van der Waals surface area contributed by atoms with Gasteiger partial charge in [-0.05, 0) is 48.9 Å². The van der Waals surface area contributed by atoms with Crippen molar-refractivity contribution in [1.82, 2.24) is 0 Å². The molecule has 0 radical (unpaired) electrons. The van der Waals surface area contributed by atoms with E-state index < -0.39 is 0 Å². The number of hydrogen-bond donors (Lipinski definition) is 0. The van der Waals surface area contributed by atoms with Crippen LogP contribution >= 0.6 is 0 Å². The predicted octanol–water partition coefficient (Wildman–Crippen LogP) is 3.26. The molecule has 92 valence electrons. The van der Waals surface area contributed by atoms with E-state index in [1.165, 1.54) is 12.8 Å². The van der Waals surface area contributed by atoms with E-state index in [0.717, 1.165) is 30.1 Å². The van der Waals surface area contributed by atoms with Gasteiger partial charge in [-0.25, -0.2) is 0 Å². The second-order valence-corrected chi connectivity index (χ2v) is 5.81. The Hall–Kier alpha value is -0.530. The number of carbonyl (C=O) groups is 1. The maximum atomic E-state index is 11.3. The Balaban J connectivity index is 1.79. The molecule has 2 bridgehead atoms. The van der Waals surface area contributed by atoms with Crippen LogP contribution in [0, 0.1) is 29.6 Å². The molecule has 0 aromatic carbocycles. The van der Waals surface area contributed by atoms with E-state index in [1.807, 2.05) is 6.92 Å². The highest BCUT2D eigenvalue weighted by Crippen LogP contribution is 2.54. The SMILES string of the molecule is CCCC(=O)OCC1CC2CC1C(C)C2C. The van der Waals surface area contributed by atoms with Crippen LogP contribution in [0.2, 0.25) is 0 Å². The van der Waals surface area contributed by atoms with E-state index in [9.17, 15) is 4.79 Å². The average molecular weight is 224 g/mol. The highest BCUT2D eigenvalue weighted by Gasteiger charge is 2.48. The molecule has 0 N–H and O–H groups in total. The first-order valence-corrected chi connectivity index (χ1v) is 6.79. The lowest BCUT2D eigenvalue weighted by atomic mass is 9.76. The summed E-state index contributed by atoms with van der Waals surface area (Å²) < 4.78 is 5.36. The number of hydrogen-bond acceptors (Lipinski definition) is 2. The summed E-state index contributed by atoms with van der Waals surface area (Å²) in [5.41, 5.74) is 0. The monoisotopic (exact) mass is 224 g/mol. The molecular weight excluding hydrogens is 200 g/mol. The van der Waals surface area contributed by atoms with Crippen molar-refractivity contribution < 1.29 is 9.53 Å². The molecule has 2 aliphatic carbocycles. The zero-order valence-corrected chi connectivity index (χ0v) is 10.7. The Bertz CT molecular complexity index is 259. The van der Waals surface area contributed by atoms with Crippen molar-refractivity contribution in [1.29, 1.82) is 0 Å². The molecule has 2 fully saturated rings. The number of carbonyl (C=O) groups excluding carboxylic acids is 1. The van der Waals surface area contributed by atoms with Gasteiger partial charge in [0.2, 0.25) is 0 Å². The maximum Gasteiger partial charge on any atom is 0.305 e. The van der Waals surface area contributed by atoms with Gasteiger partial charge in [-0.1, -0.05) is 20.8 Å². The van der Waals surface area contributed by atoms with Gasteiger partial charge in [0.25, 0.3) is 0 Å². The maximum absolute atomic E-state index is 11.3. The van der Waals surface area contributed by atoms with Crippen molar-refractivity contribution in [3.8, 4) is 0 Å². The van der Waals surface area contributed by atoms with E-state index >= 15 is 0 Å². The van der Waals surface area contributed by atoms with Gasteiger partial charge in [0.15, 0.2) is 0 Å². The Morgan fingerprint density at radius 1 is 1.25 bits per heavy atom. The molecule has 0 heterocycles. The van der Waals surface area contributed by atoms with E-state index in [1.54, 1.807) is 0 Å². The van der Waals surface area contributed by atoms with Crippen LogP contribution in [0.25, 0.3) is 0 Å². The van der Waals surface area contributed by atoms with Gasteiger partial charge in [0.1, 0.15) is 0 Å². The van der Waals surface area contributed by atoms with Gasteiger partial charge in [-0.3, -0.25) is 4.79 Å². The van der Waals surface area contributed by atoms with Gasteiger partial charge >= 0.3 is 5.97 Å². The fourth-order valence-corrected chi connectivity index (χ4v) is 3.76. The Morgan fingerprint density at radius 2 is 2.00 bits per heavy atom. The molecule has 2 nitrogen and oxygen atoms in total. The lowest BCUT2D eigenvalue weighted by molar-refractivity contribution is -0.145. The Labute approximate surface area is 98.7 Å². The third-order valence-electron chi connectivity index (χ3n) is 4.95. The van der Waals surface area contributed by atoms with E-state index in [-0.39, 0.29) is 5.97 Å². The average Bonchev–Trinajstić information content (AvgIpc) is 2.78. The van der Waals surface area contributed by atoms with Crippen molar-refractivity contribution in [2.75, 3.05) is 6.61 Å². The van der Waals surface area contributed by atoms with Gasteiger partial charge in [-0.2, -0.15) is 0 Å². The first-order valence-electron chi connectivity index (χ1n) is 6.79. The minimum absolute atomic E-state index is 0.00836. The van der Waals surface area contributed by atoms with Crippen molar-refractivity contribution in [2.45, 2.75) is 46.5 Å². The summed E-state index contributed by atoms with van der Waals surface area (Å²) in [6, 6.07) is 0. The highest BCUT2D eigenvalue weighted by atomic mass is 16.5. The molecule has 2 aliphatic rings. The van der Waals surface area contributed by atoms with Crippen LogP contribution in [0.5, 0.6) is 0 Å². The first-order chi connectivity index (χ1) is 7.63. The van der Waals surface area contributed by atoms with Crippen molar-refractivity contribution in [3.05, 3.63) is 0 Å². The van der Waals surface area contributed by atoms with Crippen LogP contribution in [-0.2, 0) is 9.53 Å². The van der Waals surface area contributed by atoms with Crippen LogP contribution in [0.3, 0.4) is 0 Å². The van der Waals surface area contributed by atoms with Gasteiger partial charge in [0.05, 0.1) is 6.61 Å². The summed E-state index contributed by atoms with van der Waals surface area (Å²) in [7, 11) is 0. The lowest BCUT2D eigenvalue weighted by Crippen LogP contribution is -2.28. The van der Waals surface area contributed by atoms with Crippen molar-refractivity contribution in [3.63, 3.8) is 0 Å². The Morgan fingerprint density at radius 3 is 2.56 bits per heavy atom. The highest BCUT2D eigenvalue weighted by molar-refractivity contribution is 5.69. The van der Waals surface area contributed by atoms with Crippen molar-refractivity contribution >= 4 is 5.97 Å². The molecule has 0 aromatic heterocycles. The molecule has 2 rings (SSSR count). The molecule has 0 spiro atoms. The van der Waals surface area contributed by atoms with E-state index in [4.69, 9.17) is 4.74 Å². The van der Waals surface area contributed by atoms with Gasteiger partial charge in [0, 0.05) is 6.42 Å². The quantitative estimate of drug-likeness (QED) is 0.685. The summed E-state index contributed by atoms with van der Waals surface area (Å²) >= 11 is 0. The molecule has 5 atom stereocenters. The Kier molecular flexibility index (Phi) is 3.56. The molecular formula is C14H24O2. The molecule has 0 aromatic rings. The second-order valence-electron chi connectivity index (χ2n) is 5.81. The lowest BCUT2D eigenvalue weighted by Gasteiger charge is -2.31. The topological polar surface area (TPSA) is 26.3 Å². The zero-order valence-electron chi connectivity index (χ0n) is 10.7. The minimum Gasteiger partial charge on any atom is -0.465 e. The van der Waals surface area contributed by atoms with Crippen LogP contribution in [0.1, 0.15) is 46.5 Å². The van der Waals surface area contributed by atoms with Gasteiger partial charge in [-0.15, -0.1) is 0 Å². The summed E-state index contributed by atoms with van der Waals surface area (Å²) in [6.07, 6.45) is 4.13. The summed E-state index contributed by atoms with van der Waals surface area (Å²) in [4.78, 5) is 11.3. The molecule has 0 saturated heterocycles. The molecule has 2 saturated carbocycles. The second kappa shape index (κ2) is 4.77. The molecule has 16 heavy (non-hydrogen) atoms. The van der Waals surface area contributed by atoms with Crippen LogP contribution in [0.15, 0.2) is 0 Å². The number of fused-ring (bicyclic) bond motifs is 2. The number of rotatable bonds is 4. The third-order valence-corrected chi connectivity index (χ3v) is 4.95. The summed E-state index contributed by atoms with van der Waals surface area (Å²) in [5, 5.41) is 0. The number of ether oxygens (including phenoxy) is 1. The van der Waals surface area contributed by atoms with Crippen LogP contribution in [0.4, 0.5) is 0 Å². The van der Waals surface area contributed by atoms with Crippen molar-refractivity contribution in [2.24, 2.45) is 29.6 Å². The van der Waals surface area contributed by atoms with E-state index in [2.05, 4.69) is 13.8 Å². The fourth-order valence-electron chi connectivity index (χ4n) is 3.76. The smallest absolute Gasteiger partial charge is 0.305 e. The largest absolute Gasteiger partial charge is 0.465 e. The standard InChI is InChI=1S/C14H24O2/c1-4-5-14(15)16-8-12-6-11-7-13(12)10(3)9(11)2/h9-13H,4-8H2,1-3H3.